The van der Waals surface area contributed by atoms with Gasteiger partial charge in [0, 0.05) is 44.9 Å². The van der Waals surface area contributed by atoms with Gasteiger partial charge in [-0.3, -0.25) is 0 Å². The highest BCUT2D eigenvalue weighted by Gasteiger charge is 2.43. The second-order valence-electron chi connectivity index (χ2n) is 17.5. The molecule has 0 radical (unpaired) electrons. The van der Waals surface area contributed by atoms with Gasteiger partial charge in [0.15, 0.2) is 17.5 Å². The molecule has 0 fully saturated rings. The van der Waals surface area contributed by atoms with Crippen LogP contribution in [0.3, 0.4) is 0 Å². The van der Waals surface area contributed by atoms with Gasteiger partial charge in [-0.1, -0.05) is 188 Å². The predicted molar refractivity (Wildman–Crippen MR) is 277 cm³/mol. The molecule has 1 aliphatic carbocycles. The number of fused-ring (bicyclic) bond motifs is 7. The molecular weight excluding hydrogens is 829 g/mol. The van der Waals surface area contributed by atoms with E-state index in [4.69, 9.17) is 19.4 Å². The highest BCUT2D eigenvalue weighted by molar-refractivity contribution is 5.93. The summed E-state index contributed by atoms with van der Waals surface area (Å²) in [5.74, 6) is 2.74. The lowest BCUT2D eigenvalue weighted by molar-refractivity contribution is 0.584. The van der Waals surface area contributed by atoms with E-state index >= 15 is 0 Å². The van der Waals surface area contributed by atoms with Crippen LogP contribution in [0.25, 0.3) is 95.7 Å². The molecule has 9 aromatic carbocycles. The maximum atomic E-state index is 6.70. The zero-order valence-corrected chi connectivity index (χ0v) is 36.9. The Morgan fingerprint density at radius 3 is 1.41 bits per heavy atom. The average Bonchev–Trinajstić information content (AvgIpc) is 3.97. The number of anilines is 2. The van der Waals surface area contributed by atoms with Gasteiger partial charge in [0.2, 0.25) is 0 Å². The van der Waals surface area contributed by atoms with E-state index in [1.54, 1.807) is 0 Å². The molecule has 3 heterocycles. The molecule has 2 unspecified atom stereocenters. The Morgan fingerprint density at radius 2 is 0.809 bits per heavy atom. The lowest BCUT2D eigenvalue weighted by Gasteiger charge is -2.30. The Morgan fingerprint density at radius 1 is 0.368 bits per heavy atom. The fourth-order valence-electron chi connectivity index (χ4n) is 10.2. The summed E-state index contributed by atoms with van der Waals surface area (Å²) in [7, 11) is 0. The normalized spacial score (nSPS) is 14.7. The van der Waals surface area contributed by atoms with Crippen LogP contribution in [-0.2, 0) is 0 Å². The van der Waals surface area contributed by atoms with E-state index in [2.05, 4.69) is 235 Å². The van der Waals surface area contributed by atoms with Gasteiger partial charge >= 0.3 is 0 Å². The molecule has 5 heteroatoms. The standard InChI is InChI=1S/C63H42N4O/c1-4-15-41(16-5-1)44-29-31-45(32-30-44)48-23-14-26-52(39-48)67-55-28-11-10-27-53(55)59-56(67)34-36-58-60(59)54-40-51(33-35-57(54)68-58)63-65-61(49-24-12-21-46(37-49)42-17-6-2-7-18-42)64-62(66-63)50-25-13-22-47(38-50)43-19-8-3-9-20-43/h1-40,56,59H. The van der Waals surface area contributed by atoms with Crippen LogP contribution in [0.2, 0.25) is 0 Å². The predicted octanol–water partition coefficient (Wildman–Crippen LogP) is 16.0. The van der Waals surface area contributed by atoms with Crippen LogP contribution >= 0.6 is 0 Å². The Kier molecular flexibility index (Phi) is 9.57. The van der Waals surface area contributed by atoms with Gasteiger partial charge in [-0.25, -0.2) is 15.0 Å². The van der Waals surface area contributed by atoms with E-state index in [0.29, 0.717) is 17.5 Å². The average molecular weight is 871 g/mol. The molecule has 0 spiro atoms. The zero-order chi connectivity index (χ0) is 45.0. The van der Waals surface area contributed by atoms with Gasteiger partial charge in [-0.15, -0.1) is 0 Å². The van der Waals surface area contributed by atoms with E-state index in [9.17, 15) is 0 Å². The zero-order valence-electron chi connectivity index (χ0n) is 36.9. The first-order valence-corrected chi connectivity index (χ1v) is 23.2. The maximum Gasteiger partial charge on any atom is 0.164 e. The Labute approximate surface area is 395 Å². The Bertz CT molecular complexity index is 3590. The van der Waals surface area contributed by atoms with Crippen LogP contribution in [0.15, 0.2) is 241 Å². The maximum absolute atomic E-state index is 6.70. The third-order valence-electron chi connectivity index (χ3n) is 13.5. The molecule has 2 aromatic heterocycles. The summed E-state index contributed by atoms with van der Waals surface area (Å²) in [6, 6.07) is 81.4. The van der Waals surface area contributed by atoms with Gasteiger partial charge in [0.1, 0.15) is 11.3 Å². The first-order valence-electron chi connectivity index (χ1n) is 23.2. The van der Waals surface area contributed by atoms with E-state index in [1.807, 2.05) is 12.1 Å². The van der Waals surface area contributed by atoms with Crippen LogP contribution < -0.4 is 4.90 Å². The summed E-state index contributed by atoms with van der Waals surface area (Å²) >= 11 is 0. The van der Waals surface area contributed by atoms with Crippen molar-refractivity contribution in [2.75, 3.05) is 4.90 Å². The third kappa shape index (κ3) is 7.00. The van der Waals surface area contributed by atoms with Crippen LogP contribution in [0, 0.1) is 0 Å². The molecule has 2 atom stereocenters. The van der Waals surface area contributed by atoms with Crippen molar-refractivity contribution in [3.05, 3.63) is 253 Å². The molecule has 5 nitrogen and oxygen atoms in total. The summed E-state index contributed by atoms with van der Waals surface area (Å²) in [5.41, 5.74) is 17.6. The van der Waals surface area contributed by atoms with Crippen molar-refractivity contribution < 1.29 is 4.42 Å². The van der Waals surface area contributed by atoms with E-state index in [-0.39, 0.29) is 12.0 Å². The van der Waals surface area contributed by atoms with Crippen molar-refractivity contribution in [2.24, 2.45) is 0 Å². The lowest BCUT2D eigenvalue weighted by atomic mass is 9.82. The second-order valence-corrected chi connectivity index (χ2v) is 17.5. The smallest absolute Gasteiger partial charge is 0.164 e. The van der Waals surface area contributed by atoms with E-state index in [1.165, 1.54) is 39.1 Å². The lowest BCUT2D eigenvalue weighted by Crippen LogP contribution is -2.30. The highest BCUT2D eigenvalue weighted by Crippen LogP contribution is 2.54. The molecule has 0 saturated heterocycles. The highest BCUT2D eigenvalue weighted by atomic mass is 16.3. The fraction of sp³-hybridized carbons (Fsp3) is 0.0317. The van der Waals surface area contributed by atoms with Crippen molar-refractivity contribution >= 4 is 28.4 Å². The topological polar surface area (TPSA) is 55.1 Å². The molecule has 0 N–H and O–H groups in total. The largest absolute Gasteiger partial charge is 0.456 e. The number of hydrogen-bond donors (Lipinski definition) is 0. The number of benzene rings is 9. The van der Waals surface area contributed by atoms with Crippen LogP contribution in [0.4, 0.5) is 11.4 Å². The molecule has 0 bridgehead atoms. The number of aromatic nitrogens is 3. The molecule has 0 amide bonds. The van der Waals surface area contributed by atoms with Crippen LogP contribution in [0.1, 0.15) is 22.8 Å². The Balaban J connectivity index is 0.906. The van der Waals surface area contributed by atoms with E-state index in [0.717, 1.165) is 61.4 Å². The molecule has 13 rings (SSSR count). The van der Waals surface area contributed by atoms with Gasteiger partial charge < -0.3 is 9.32 Å². The molecule has 1 aliphatic heterocycles. The number of rotatable bonds is 8. The second kappa shape index (κ2) is 16.5. The van der Waals surface area contributed by atoms with Crippen LogP contribution in [-0.4, -0.2) is 21.0 Å². The first kappa shape index (κ1) is 39.4. The summed E-state index contributed by atoms with van der Waals surface area (Å²) < 4.78 is 6.70. The third-order valence-corrected chi connectivity index (χ3v) is 13.5. The van der Waals surface area contributed by atoms with Crippen molar-refractivity contribution in [1.29, 1.82) is 0 Å². The van der Waals surface area contributed by atoms with Gasteiger partial charge in [0.25, 0.3) is 0 Å². The van der Waals surface area contributed by atoms with Crippen LogP contribution in [0.5, 0.6) is 0 Å². The molecule has 0 saturated carbocycles. The minimum atomic E-state index is 0.0300. The molecule has 2 aliphatic rings. The molecule has 11 aromatic rings. The Hall–Kier alpha value is -8.93. The minimum absolute atomic E-state index is 0.0300. The van der Waals surface area contributed by atoms with Crippen molar-refractivity contribution in [1.82, 2.24) is 15.0 Å². The molecule has 320 valence electrons. The fourth-order valence-corrected chi connectivity index (χ4v) is 10.2. The first-order chi connectivity index (χ1) is 33.7. The van der Waals surface area contributed by atoms with Crippen molar-refractivity contribution in [2.45, 2.75) is 12.0 Å². The van der Waals surface area contributed by atoms with Crippen molar-refractivity contribution in [3.63, 3.8) is 0 Å². The monoisotopic (exact) mass is 870 g/mol. The summed E-state index contributed by atoms with van der Waals surface area (Å²) in [6.07, 6.45) is 4.48. The number of nitrogens with zero attached hydrogens (tertiary/aromatic N) is 4. The van der Waals surface area contributed by atoms with Gasteiger partial charge in [-0.05, 0) is 105 Å². The van der Waals surface area contributed by atoms with Gasteiger partial charge in [-0.2, -0.15) is 0 Å². The molecule has 68 heavy (non-hydrogen) atoms. The van der Waals surface area contributed by atoms with Gasteiger partial charge in [0.05, 0.1) is 6.04 Å². The number of para-hydroxylation sites is 1. The van der Waals surface area contributed by atoms with Crippen molar-refractivity contribution in [3.8, 4) is 78.7 Å². The molecular formula is C63H42N4O. The summed E-state index contributed by atoms with van der Waals surface area (Å²) in [4.78, 5) is 18.2. The summed E-state index contributed by atoms with van der Waals surface area (Å²) in [6.45, 7) is 0. The quantitative estimate of drug-likeness (QED) is 0.152. The van der Waals surface area contributed by atoms with E-state index < -0.39 is 0 Å². The summed E-state index contributed by atoms with van der Waals surface area (Å²) in [5, 5.41) is 1.06. The minimum Gasteiger partial charge on any atom is -0.456 e. The number of hydrogen-bond acceptors (Lipinski definition) is 5. The number of furan rings is 1. The SMILES string of the molecule is C1=CC2C(c3ccccc3N2c2cccc(-c3ccc(-c4ccccc4)cc3)c2)c2c1oc1ccc(-c3nc(-c4cccc(-c5ccccc5)c4)nc(-c4cccc(-c5ccccc5)c4)n3)cc21.